The second-order valence-corrected chi connectivity index (χ2v) is 8.60. The second kappa shape index (κ2) is 9.69. The first-order valence-electron chi connectivity index (χ1n) is 11.3. The Balaban J connectivity index is 1.93. The standard InChI is InChI=1S/C26H24F3NO6/c1-4-14(25(33)34)13-9-10-18(17(27)11-13)30-23(31)19-20(24(30)32)22(36-26(28)29)16-8-6-5-7-15(16)21(19)35-12(2)3/h5-12,14,24,26,32H,4H2,1-3H3,(H,33,34). The van der Waals surface area contributed by atoms with Crippen LogP contribution in [0.2, 0.25) is 0 Å². The van der Waals surface area contributed by atoms with E-state index in [-0.39, 0.29) is 39.9 Å². The van der Waals surface area contributed by atoms with Gasteiger partial charge in [-0.25, -0.2) is 4.39 Å². The van der Waals surface area contributed by atoms with E-state index in [2.05, 4.69) is 0 Å². The molecule has 10 heteroatoms. The number of carbonyl (C=O) groups excluding carboxylic acids is 1. The van der Waals surface area contributed by atoms with Crippen molar-refractivity contribution in [1.29, 1.82) is 0 Å². The predicted molar refractivity (Wildman–Crippen MR) is 125 cm³/mol. The van der Waals surface area contributed by atoms with Crippen LogP contribution in [0.15, 0.2) is 42.5 Å². The maximum atomic E-state index is 15.3. The fourth-order valence-corrected chi connectivity index (χ4v) is 4.52. The van der Waals surface area contributed by atoms with E-state index in [0.29, 0.717) is 5.39 Å². The molecule has 1 aliphatic rings. The van der Waals surface area contributed by atoms with Gasteiger partial charge in [0.05, 0.1) is 28.8 Å². The summed E-state index contributed by atoms with van der Waals surface area (Å²) < 4.78 is 52.7. The lowest BCUT2D eigenvalue weighted by molar-refractivity contribution is -0.138. The molecule has 1 heterocycles. The number of aliphatic carboxylic acids is 1. The SMILES string of the molecule is CCC(C(=O)O)c1ccc(N2C(=O)c3c(c(OC(F)F)c4ccccc4c3OC(C)C)C2O)c(F)c1. The zero-order valence-electron chi connectivity index (χ0n) is 19.7. The van der Waals surface area contributed by atoms with Crippen molar-refractivity contribution in [2.24, 2.45) is 0 Å². The van der Waals surface area contributed by atoms with Crippen LogP contribution in [-0.2, 0) is 4.79 Å². The van der Waals surface area contributed by atoms with Gasteiger partial charge < -0.3 is 19.7 Å². The molecule has 0 saturated carbocycles. The Kier molecular flexibility index (Phi) is 6.81. The zero-order valence-corrected chi connectivity index (χ0v) is 19.7. The highest BCUT2D eigenvalue weighted by Crippen LogP contribution is 2.51. The number of rotatable bonds is 8. The summed E-state index contributed by atoms with van der Waals surface area (Å²) in [6, 6.07) is 9.79. The van der Waals surface area contributed by atoms with Gasteiger partial charge in [0.25, 0.3) is 5.91 Å². The molecule has 0 aromatic heterocycles. The third-order valence-corrected chi connectivity index (χ3v) is 5.99. The van der Waals surface area contributed by atoms with E-state index < -0.39 is 48.3 Å². The molecule has 190 valence electrons. The Morgan fingerprint density at radius 3 is 2.25 bits per heavy atom. The van der Waals surface area contributed by atoms with E-state index in [0.717, 1.165) is 11.0 Å². The molecule has 0 radical (unpaired) electrons. The summed E-state index contributed by atoms with van der Waals surface area (Å²) in [4.78, 5) is 25.8. The van der Waals surface area contributed by atoms with Crippen molar-refractivity contribution in [3.05, 3.63) is 65.0 Å². The van der Waals surface area contributed by atoms with Crippen molar-refractivity contribution < 1.29 is 42.4 Å². The number of benzene rings is 3. The quantitative estimate of drug-likeness (QED) is 0.416. The maximum absolute atomic E-state index is 15.3. The van der Waals surface area contributed by atoms with Gasteiger partial charge in [0, 0.05) is 10.8 Å². The molecule has 2 atom stereocenters. The molecule has 0 spiro atoms. The number of halogens is 3. The van der Waals surface area contributed by atoms with Gasteiger partial charge in [-0.2, -0.15) is 8.78 Å². The van der Waals surface area contributed by atoms with Crippen LogP contribution in [0.3, 0.4) is 0 Å². The lowest BCUT2D eigenvalue weighted by Gasteiger charge is -2.23. The van der Waals surface area contributed by atoms with Gasteiger partial charge in [-0.3, -0.25) is 14.5 Å². The van der Waals surface area contributed by atoms with E-state index in [1.807, 2.05) is 0 Å². The number of amides is 1. The van der Waals surface area contributed by atoms with Crippen LogP contribution < -0.4 is 14.4 Å². The number of anilines is 1. The Morgan fingerprint density at radius 1 is 1.08 bits per heavy atom. The van der Waals surface area contributed by atoms with Gasteiger partial charge in [0.15, 0.2) is 6.23 Å². The normalized spacial score (nSPS) is 16.1. The van der Waals surface area contributed by atoms with Crippen LogP contribution in [-0.4, -0.2) is 34.8 Å². The minimum absolute atomic E-state index is 0.0534. The summed E-state index contributed by atoms with van der Waals surface area (Å²) in [5, 5.41) is 21.1. The molecule has 3 aromatic rings. The van der Waals surface area contributed by atoms with E-state index in [4.69, 9.17) is 9.47 Å². The third-order valence-electron chi connectivity index (χ3n) is 5.99. The summed E-state index contributed by atoms with van der Waals surface area (Å²) in [5.41, 5.74) is -0.655. The lowest BCUT2D eigenvalue weighted by Crippen LogP contribution is -2.29. The number of ether oxygens (including phenoxy) is 2. The largest absolute Gasteiger partial charge is 0.490 e. The van der Waals surface area contributed by atoms with Crippen molar-refractivity contribution in [3.63, 3.8) is 0 Å². The van der Waals surface area contributed by atoms with Crippen LogP contribution in [0.25, 0.3) is 10.8 Å². The summed E-state index contributed by atoms with van der Waals surface area (Å²) in [6.45, 7) is 1.80. The van der Waals surface area contributed by atoms with Crippen molar-refractivity contribution in [2.45, 2.75) is 52.1 Å². The smallest absolute Gasteiger partial charge is 0.387 e. The predicted octanol–water partition coefficient (Wildman–Crippen LogP) is 5.60. The van der Waals surface area contributed by atoms with Gasteiger partial charge in [-0.15, -0.1) is 0 Å². The molecule has 0 saturated heterocycles. The molecule has 3 aromatic carbocycles. The number of aliphatic hydroxyl groups excluding tert-OH is 1. The monoisotopic (exact) mass is 503 g/mol. The van der Waals surface area contributed by atoms with Gasteiger partial charge >= 0.3 is 12.6 Å². The van der Waals surface area contributed by atoms with E-state index >= 15 is 4.39 Å². The Bertz CT molecular complexity index is 1340. The van der Waals surface area contributed by atoms with Crippen LogP contribution in [0.1, 0.15) is 60.8 Å². The van der Waals surface area contributed by atoms with Crippen molar-refractivity contribution in [3.8, 4) is 11.5 Å². The average molecular weight is 503 g/mol. The van der Waals surface area contributed by atoms with E-state index in [1.165, 1.54) is 18.2 Å². The van der Waals surface area contributed by atoms with Crippen LogP contribution in [0.4, 0.5) is 18.9 Å². The number of carboxylic acids is 1. The van der Waals surface area contributed by atoms with Crippen molar-refractivity contribution in [2.75, 3.05) is 4.90 Å². The van der Waals surface area contributed by atoms with Crippen molar-refractivity contribution >= 4 is 28.3 Å². The number of fused-ring (bicyclic) bond motifs is 2. The Labute approximate surface area is 204 Å². The fourth-order valence-electron chi connectivity index (χ4n) is 4.52. The third kappa shape index (κ3) is 4.21. The summed E-state index contributed by atoms with van der Waals surface area (Å²) in [7, 11) is 0. The minimum atomic E-state index is -3.26. The number of hydrogen-bond acceptors (Lipinski definition) is 5. The molecular weight excluding hydrogens is 479 g/mol. The summed E-state index contributed by atoms with van der Waals surface area (Å²) in [5.74, 6) is -4.30. The summed E-state index contributed by atoms with van der Waals surface area (Å²) >= 11 is 0. The number of carbonyl (C=O) groups is 2. The first kappa shape index (κ1) is 25.3. The van der Waals surface area contributed by atoms with Gasteiger partial charge in [0.2, 0.25) is 0 Å². The molecule has 2 N–H and O–H groups in total. The fraction of sp³-hybridized carbons (Fsp3) is 0.308. The number of aliphatic hydroxyl groups is 1. The molecule has 4 rings (SSSR count). The van der Waals surface area contributed by atoms with Crippen LogP contribution in [0.5, 0.6) is 11.5 Å². The number of carboxylic acid groups (broad SMARTS) is 1. The molecular formula is C26H24F3NO6. The highest BCUT2D eigenvalue weighted by Gasteiger charge is 2.45. The topological polar surface area (TPSA) is 96.3 Å². The van der Waals surface area contributed by atoms with Crippen molar-refractivity contribution in [1.82, 2.24) is 0 Å². The first-order valence-corrected chi connectivity index (χ1v) is 11.3. The highest BCUT2D eigenvalue weighted by molar-refractivity contribution is 6.17. The lowest BCUT2D eigenvalue weighted by atomic mass is 9.96. The molecule has 1 amide bonds. The Hall–Kier alpha value is -3.79. The Morgan fingerprint density at radius 2 is 1.72 bits per heavy atom. The first-order chi connectivity index (χ1) is 17.1. The molecule has 2 unspecified atom stereocenters. The van der Waals surface area contributed by atoms with Crippen LogP contribution >= 0.6 is 0 Å². The molecule has 1 aliphatic heterocycles. The molecule has 0 bridgehead atoms. The average Bonchev–Trinajstić information content (AvgIpc) is 3.06. The molecule has 36 heavy (non-hydrogen) atoms. The highest BCUT2D eigenvalue weighted by atomic mass is 19.3. The molecule has 0 aliphatic carbocycles. The van der Waals surface area contributed by atoms with Gasteiger partial charge in [-0.05, 0) is 38.0 Å². The van der Waals surface area contributed by atoms with Gasteiger partial charge in [0.1, 0.15) is 17.3 Å². The summed E-state index contributed by atoms with van der Waals surface area (Å²) in [6.07, 6.45) is -2.08. The molecule has 7 nitrogen and oxygen atoms in total. The second-order valence-electron chi connectivity index (χ2n) is 8.60. The van der Waals surface area contributed by atoms with E-state index in [1.54, 1.807) is 39.0 Å². The van der Waals surface area contributed by atoms with E-state index in [9.17, 15) is 28.6 Å². The molecule has 0 fully saturated rings. The van der Waals surface area contributed by atoms with Crippen LogP contribution in [0, 0.1) is 5.82 Å². The zero-order chi connectivity index (χ0) is 26.3. The number of hydrogen-bond donors (Lipinski definition) is 2. The van der Waals surface area contributed by atoms with Gasteiger partial charge in [-0.1, -0.05) is 37.3 Å². The maximum Gasteiger partial charge on any atom is 0.387 e. The number of alkyl halides is 2. The number of nitrogens with zero attached hydrogens (tertiary/aromatic N) is 1. The minimum Gasteiger partial charge on any atom is -0.490 e.